The Kier molecular flexibility index (Phi) is 3.83. The van der Waals surface area contributed by atoms with E-state index in [0.717, 1.165) is 0 Å². The molecule has 0 bridgehead atoms. The highest BCUT2D eigenvalue weighted by Gasteiger charge is 2.18. The number of esters is 1. The van der Waals surface area contributed by atoms with Gasteiger partial charge in [-0.25, -0.2) is 4.79 Å². The smallest absolute Gasteiger partial charge is 0.339 e. The monoisotopic (exact) mass is 205 g/mol. The lowest BCUT2D eigenvalue weighted by Crippen LogP contribution is -2.15. The molecule has 1 N–H and O–H groups in total. The number of rotatable bonds is 3. The molecule has 0 fully saturated rings. The first kappa shape index (κ1) is 11.2. The molecule has 0 saturated heterocycles. The maximum absolute atomic E-state index is 11.2. The summed E-state index contributed by atoms with van der Waals surface area (Å²) in [6.07, 6.45) is -1.32. The van der Waals surface area contributed by atoms with E-state index in [1.165, 1.54) is 6.07 Å². The summed E-state index contributed by atoms with van der Waals surface area (Å²) in [7, 11) is 0. The van der Waals surface area contributed by atoms with Gasteiger partial charge in [-0.1, -0.05) is 12.1 Å². The Morgan fingerprint density at radius 3 is 3.00 bits per heavy atom. The van der Waals surface area contributed by atoms with Crippen LogP contribution < -0.4 is 0 Å². The third-order valence-electron chi connectivity index (χ3n) is 1.84. The number of hydrogen-bond donors (Lipinski definition) is 1. The van der Waals surface area contributed by atoms with Crippen LogP contribution in [0.1, 0.15) is 24.2 Å². The zero-order chi connectivity index (χ0) is 11.3. The lowest BCUT2D eigenvalue weighted by atomic mass is 10.1. The highest BCUT2D eigenvalue weighted by molar-refractivity contribution is 5.76. The normalized spacial score (nSPS) is 11.5. The Hall–Kier alpha value is -1.86. The average Bonchev–Trinajstić information content (AvgIpc) is 2.28. The van der Waals surface area contributed by atoms with Crippen LogP contribution in [0.25, 0.3) is 0 Å². The molecule has 0 aliphatic heterocycles. The molecular weight excluding hydrogens is 194 g/mol. The van der Waals surface area contributed by atoms with Crippen molar-refractivity contribution in [2.45, 2.75) is 13.0 Å². The van der Waals surface area contributed by atoms with E-state index in [0.29, 0.717) is 11.1 Å². The third kappa shape index (κ3) is 2.79. The number of aliphatic hydroxyl groups is 1. The first-order valence-corrected chi connectivity index (χ1v) is 4.53. The van der Waals surface area contributed by atoms with Gasteiger partial charge in [0.15, 0.2) is 6.10 Å². The molecule has 0 radical (unpaired) electrons. The Balaban J connectivity index is 2.87. The minimum absolute atomic E-state index is 0.216. The molecule has 15 heavy (non-hydrogen) atoms. The molecule has 1 atom stereocenters. The van der Waals surface area contributed by atoms with E-state index in [1.54, 1.807) is 25.1 Å². The summed E-state index contributed by atoms with van der Waals surface area (Å²) < 4.78 is 4.66. The molecule has 0 heterocycles. The fourth-order valence-corrected chi connectivity index (χ4v) is 1.14. The van der Waals surface area contributed by atoms with Crippen molar-refractivity contribution in [2.75, 3.05) is 6.61 Å². The van der Waals surface area contributed by atoms with Gasteiger partial charge >= 0.3 is 5.97 Å². The second-order valence-corrected chi connectivity index (χ2v) is 2.89. The highest BCUT2D eigenvalue weighted by atomic mass is 16.5. The summed E-state index contributed by atoms with van der Waals surface area (Å²) in [4.78, 5) is 11.2. The number of carbonyl (C=O) groups excluding carboxylic acids is 1. The predicted molar refractivity (Wildman–Crippen MR) is 52.7 cm³/mol. The fourth-order valence-electron chi connectivity index (χ4n) is 1.14. The highest BCUT2D eigenvalue weighted by Crippen LogP contribution is 2.15. The number of aliphatic hydroxyl groups excluding tert-OH is 1. The topological polar surface area (TPSA) is 70.3 Å². The fraction of sp³-hybridized carbons (Fsp3) is 0.273. The SMILES string of the molecule is CCOC(=O)C(O)c1cccc(C#N)c1. The van der Waals surface area contributed by atoms with Crippen LogP contribution in [0.4, 0.5) is 0 Å². The van der Waals surface area contributed by atoms with Crippen molar-refractivity contribution in [3.8, 4) is 6.07 Å². The second-order valence-electron chi connectivity index (χ2n) is 2.89. The van der Waals surface area contributed by atoms with Gasteiger partial charge in [0.05, 0.1) is 18.2 Å². The van der Waals surface area contributed by atoms with Gasteiger partial charge in [0.2, 0.25) is 0 Å². The molecule has 1 aromatic carbocycles. The summed E-state index contributed by atoms with van der Waals surface area (Å²) in [5, 5.41) is 18.2. The zero-order valence-corrected chi connectivity index (χ0v) is 8.30. The maximum atomic E-state index is 11.2. The van der Waals surface area contributed by atoms with Gasteiger partial charge in [-0.2, -0.15) is 5.26 Å². The van der Waals surface area contributed by atoms with Crippen LogP contribution in [0, 0.1) is 11.3 Å². The molecular formula is C11H11NO3. The van der Waals surface area contributed by atoms with Crippen LogP contribution in [0.5, 0.6) is 0 Å². The van der Waals surface area contributed by atoms with E-state index < -0.39 is 12.1 Å². The minimum Gasteiger partial charge on any atom is -0.464 e. The van der Waals surface area contributed by atoms with E-state index in [4.69, 9.17) is 5.26 Å². The number of ether oxygens (including phenoxy) is 1. The number of benzene rings is 1. The molecule has 0 aliphatic carbocycles. The van der Waals surface area contributed by atoms with Crippen LogP contribution in [-0.4, -0.2) is 17.7 Å². The van der Waals surface area contributed by atoms with E-state index in [-0.39, 0.29) is 6.61 Å². The average molecular weight is 205 g/mol. The molecule has 0 amide bonds. The van der Waals surface area contributed by atoms with Crippen molar-refractivity contribution in [3.05, 3.63) is 35.4 Å². The molecule has 78 valence electrons. The van der Waals surface area contributed by atoms with Gasteiger partial charge < -0.3 is 9.84 Å². The van der Waals surface area contributed by atoms with Gasteiger partial charge in [-0.15, -0.1) is 0 Å². The molecule has 4 heteroatoms. The van der Waals surface area contributed by atoms with Crippen LogP contribution in [0.3, 0.4) is 0 Å². The first-order valence-electron chi connectivity index (χ1n) is 4.53. The van der Waals surface area contributed by atoms with E-state index in [2.05, 4.69) is 4.74 Å². The number of nitriles is 1. The van der Waals surface area contributed by atoms with Gasteiger partial charge in [-0.3, -0.25) is 0 Å². The lowest BCUT2D eigenvalue weighted by molar-refractivity contribution is -0.153. The standard InChI is InChI=1S/C11H11NO3/c1-2-15-11(14)10(13)9-5-3-4-8(6-9)7-12/h3-6,10,13H,2H2,1H3. The molecule has 4 nitrogen and oxygen atoms in total. The van der Waals surface area contributed by atoms with E-state index in [9.17, 15) is 9.90 Å². The third-order valence-corrected chi connectivity index (χ3v) is 1.84. The van der Waals surface area contributed by atoms with Crippen molar-refractivity contribution in [1.29, 1.82) is 5.26 Å². The van der Waals surface area contributed by atoms with Crippen molar-refractivity contribution in [2.24, 2.45) is 0 Å². The summed E-state index contributed by atoms with van der Waals surface area (Å²) in [6.45, 7) is 1.88. The maximum Gasteiger partial charge on any atom is 0.339 e. The Bertz CT molecular complexity index is 395. The molecule has 1 rings (SSSR count). The number of nitrogens with zero attached hydrogens (tertiary/aromatic N) is 1. The van der Waals surface area contributed by atoms with Crippen molar-refractivity contribution in [1.82, 2.24) is 0 Å². The second kappa shape index (κ2) is 5.13. The van der Waals surface area contributed by atoms with Crippen LogP contribution in [0.15, 0.2) is 24.3 Å². The zero-order valence-electron chi connectivity index (χ0n) is 8.30. The molecule has 0 aromatic heterocycles. The van der Waals surface area contributed by atoms with Gasteiger partial charge in [0.25, 0.3) is 0 Å². The summed E-state index contributed by atoms with van der Waals surface area (Å²) in [5.74, 6) is -0.701. The van der Waals surface area contributed by atoms with Gasteiger partial charge in [0.1, 0.15) is 0 Å². The number of hydrogen-bond acceptors (Lipinski definition) is 4. The Morgan fingerprint density at radius 2 is 2.40 bits per heavy atom. The molecule has 1 aromatic rings. The lowest BCUT2D eigenvalue weighted by Gasteiger charge is -2.09. The number of carbonyl (C=O) groups is 1. The largest absolute Gasteiger partial charge is 0.464 e. The minimum atomic E-state index is -1.32. The van der Waals surface area contributed by atoms with Gasteiger partial charge in [-0.05, 0) is 24.6 Å². The first-order chi connectivity index (χ1) is 7.19. The van der Waals surface area contributed by atoms with Crippen LogP contribution in [-0.2, 0) is 9.53 Å². The Labute approximate surface area is 87.7 Å². The quantitative estimate of drug-likeness (QED) is 0.751. The summed E-state index contributed by atoms with van der Waals surface area (Å²) in [6, 6.07) is 8.17. The van der Waals surface area contributed by atoms with Crippen LogP contribution in [0.2, 0.25) is 0 Å². The van der Waals surface area contributed by atoms with Gasteiger partial charge in [0, 0.05) is 0 Å². The Morgan fingerprint density at radius 1 is 1.67 bits per heavy atom. The van der Waals surface area contributed by atoms with E-state index in [1.807, 2.05) is 6.07 Å². The van der Waals surface area contributed by atoms with E-state index >= 15 is 0 Å². The predicted octanol–water partition coefficient (Wildman–Crippen LogP) is 1.15. The summed E-state index contributed by atoms with van der Waals surface area (Å²) in [5.41, 5.74) is 0.767. The molecule has 0 aliphatic rings. The van der Waals surface area contributed by atoms with Crippen LogP contribution >= 0.6 is 0 Å². The summed E-state index contributed by atoms with van der Waals surface area (Å²) >= 11 is 0. The molecule has 0 spiro atoms. The van der Waals surface area contributed by atoms with Crippen molar-refractivity contribution in [3.63, 3.8) is 0 Å². The van der Waals surface area contributed by atoms with Crippen molar-refractivity contribution >= 4 is 5.97 Å². The molecule has 0 saturated carbocycles. The van der Waals surface area contributed by atoms with Crippen molar-refractivity contribution < 1.29 is 14.6 Å². The molecule has 1 unspecified atom stereocenters.